The highest BCUT2D eigenvalue weighted by molar-refractivity contribution is 5.94. The Hall–Kier alpha value is -2.04. The van der Waals surface area contributed by atoms with Crippen molar-refractivity contribution in [2.45, 2.75) is 26.7 Å². The smallest absolute Gasteiger partial charge is 0.260 e. The normalized spacial score (nSPS) is 18.0. The first-order chi connectivity index (χ1) is 10.5. The molecule has 1 amide bonds. The van der Waals surface area contributed by atoms with Gasteiger partial charge in [0.1, 0.15) is 0 Å². The number of ketones is 1. The molecular weight excluding hydrogens is 282 g/mol. The van der Waals surface area contributed by atoms with E-state index in [9.17, 15) is 9.59 Å². The number of methoxy groups -OCH3 is 1. The van der Waals surface area contributed by atoms with Crippen molar-refractivity contribution in [3.05, 3.63) is 23.8 Å². The van der Waals surface area contributed by atoms with Crippen molar-refractivity contribution in [2.75, 3.05) is 26.8 Å². The molecule has 1 aliphatic rings. The zero-order valence-corrected chi connectivity index (χ0v) is 13.4. The van der Waals surface area contributed by atoms with Gasteiger partial charge in [0.05, 0.1) is 7.11 Å². The van der Waals surface area contributed by atoms with E-state index >= 15 is 0 Å². The zero-order chi connectivity index (χ0) is 16.1. The number of Topliss-reactive ketones (excluding diaryl/α,β-unsaturated/α-hetero) is 1. The van der Waals surface area contributed by atoms with E-state index in [1.54, 1.807) is 18.2 Å². The second-order valence-corrected chi connectivity index (χ2v) is 5.80. The van der Waals surface area contributed by atoms with Gasteiger partial charge in [0.25, 0.3) is 5.91 Å². The van der Waals surface area contributed by atoms with Crippen LogP contribution in [0.25, 0.3) is 0 Å². The molecule has 1 unspecified atom stereocenters. The van der Waals surface area contributed by atoms with E-state index in [-0.39, 0.29) is 18.3 Å². The van der Waals surface area contributed by atoms with Crippen LogP contribution in [0.5, 0.6) is 11.5 Å². The lowest BCUT2D eigenvalue weighted by Crippen LogP contribution is -2.41. The number of rotatable bonds is 5. The molecule has 0 bridgehead atoms. The van der Waals surface area contributed by atoms with E-state index in [4.69, 9.17) is 9.47 Å². The lowest BCUT2D eigenvalue weighted by Gasteiger charge is -2.30. The summed E-state index contributed by atoms with van der Waals surface area (Å²) < 4.78 is 10.8. The molecule has 120 valence electrons. The second-order valence-electron chi connectivity index (χ2n) is 5.80. The number of hydrogen-bond donors (Lipinski definition) is 0. The van der Waals surface area contributed by atoms with Crippen LogP contribution in [-0.2, 0) is 4.79 Å². The summed E-state index contributed by atoms with van der Waals surface area (Å²) in [6.07, 6.45) is 2.22. The van der Waals surface area contributed by atoms with E-state index in [1.165, 1.54) is 20.5 Å². The van der Waals surface area contributed by atoms with E-state index < -0.39 is 0 Å². The molecule has 1 aliphatic heterocycles. The van der Waals surface area contributed by atoms with Crippen molar-refractivity contribution in [1.29, 1.82) is 0 Å². The highest BCUT2D eigenvalue weighted by atomic mass is 16.5. The molecule has 1 saturated heterocycles. The zero-order valence-electron chi connectivity index (χ0n) is 13.4. The van der Waals surface area contributed by atoms with Crippen molar-refractivity contribution < 1.29 is 19.1 Å². The Balaban J connectivity index is 1.98. The molecule has 1 atom stereocenters. The fraction of sp³-hybridized carbons (Fsp3) is 0.529. The third kappa shape index (κ3) is 4.00. The number of nitrogens with zero attached hydrogens (tertiary/aromatic N) is 1. The fourth-order valence-electron chi connectivity index (χ4n) is 2.65. The predicted molar refractivity (Wildman–Crippen MR) is 83.5 cm³/mol. The minimum atomic E-state index is -0.0387. The largest absolute Gasteiger partial charge is 0.493 e. The number of benzene rings is 1. The van der Waals surface area contributed by atoms with Crippen molar-refractivity contribution in [2.24, 2.45) is 5.92 Å². The summed E-state index contributed by atoms with van der Waals surface area (Å²) in [5.74, 6) is 1.44. The summed E-state index contributed by atoms with van der Waals surface area (Å²) in [6.45, 7) is 5.23. The molecule has 0 radical (unpaired) electrons. The summed E-state index contributed by atoms with van der Waals surface area (Å²) in [4.78, 5) is 25.4. The lowest BCUT2D eigenvalue weighted by atomic mass is 10.0. The first-order valence-electron chi connectivity index (χ1n) is 7.60. The number of likely N-dealkylation sites (tertiary alicyclic amines) is 1. The predicted octanol–water partition coefficient (Wildman–Crippen LogP) is 2.54. The van der Waals surface area contributed by atoms with Gasteiger partial charge in [-0.1, -0.05) is 6.92 Å². The van der Waals surface area contributed by atoms with Crippen molar-refractivity contribution >= 4 is 11.7 Å². The molecule has 0 aliphatic carbocycles. The molecule has 1 fully saturated rings. The molecular formula is C17H23NO4. The van der Waals surface area contributed by atoms with Crippen LogP contribution in [0, 0.1) is 5.92 Å². The topological polar surface area (TPSA) is 55.8 Å². The third-order valence-corrected chi connectivity index (χ3v) is 3.93. The quantitative estimate of drug-likeness (QED) is 0.784. The van der Waals surface area contributed by atoms with Crippen LogP contribution in [0.3, 0.4) is 0 Å². The molecule has 0 aromatic heterocycles. The average Bonchev–Trinajstić information content (AvgIpc) is 2.52. The highest BCUT2D eigenvalue weighted by Gasteiger charge is 2.21. The summed E-state index contributed by atoms with van der Waals surface area (Å²) in [6, 6.07) is 4.97. The van der Waals surface area contributed by atoms with Crippen LogP contribution in [0.2, 0.25) is 0 Å². The van der Waals surface area contributed by atoms with E-state index in [1.807, 2.05) is 4.90 Å². The van der Waals surface area contributed by atoms with Crippen LogP contribution in [-0.4, -0.2) is 43.4 Å². The molecule has 1 aromatic rings. The molecule has 0 spiro atoms. The number of amides is 1. The van der Waals surface area contributed by atoms with Crippen LogP contribution in [0.4, 0.5) is 0 Å². The van der Waals surface area contributed by atoms with Crippen LogP contribution >= 0.6 is 0 Å². The molecule has 1 heterocycles. The van der Waals surface area contributed by atoms with Gasteiger partial charge in [-0.3, -0.25) is 9.59 Å². The Kier molecular flexibility index (Phi) is 5.41. The standard InChI is InChI=1S/C17H23NO4/c1-12-5-4-8-18(10-12)17(20)11-22-15-7-6-14(13(2)19)9-16(15)21-3/h6-7,9,12H,4-5,8,10-11H2,1-3H3. The molecule has 5 heteroatoms. The monoisotopic (exact) mass is 305 g/mol. The summed E-state index contributed by atoms with van der Waals surface area (Å²) in [5.41, 5.74) is 0.556. The van der Waals surface area contributed by atoms with E-state index in [2.05, 4.69) is 6.92 Å². The number of carbonyl (C=O) groups excluding carboxylic acids is 2. The minimum Gasteiger partial charge on any atom is -0.493 e. The maximum Gasteiger partial charge on any atom is 0.260 e. The van der Waals surface area contributed by atoms with Crippen LogP contribution in [0.15, 0.2) is 18.2 Å². The van der Waals surface area contributed by atoms with Gasteiger partial charge in [0.2, 0.25) is 0 Å². The molecule has 2 rings (SSSR count). The van der Waals surface area contributed by atoms with Gasteiger partial charge in [-0.15, -0.1) is 0 Å². The van der Waals surface area contributed by atoms with Crippen LogP contribution in [0.1, 0.15) is 37.0 Å². The molecule has 0 N–H and O–H groups in total. The Morgan fingerprint density at radius 2 is 2.09 bits per heavy atom. The van der Waals surface area contributed by atoms with Gasteiger partial charge in [-0.05, 0) is 43.9 Å². The first-order valence-corrected chi connectivity index (χ1v) is 7.60. The summed E-state index contributed by atoms with van der Waals surface area (Å²) >= 11 is 0. The number of hydrogen-bond acceptors (Lipinski definition) is 4. The SMILES string of the molecule is COc1cc(C(C)=O)ccc1OCC(=O)N1CCCC(C)C1. The van der Waals surface area contributed by atoms with Crippen LogP contribution < -0.4 is 9.47 Å². The lowest BCUT2D eigenvalue weighted by molar-refractivity contribution is -0.135. The van der Waals surface area contributed by atoms with Gasteiger partial charge in [0, 0.05) is 18.7 Å². The van der Waals surface area contributed by atoms with Crippen molar-refractivity contribution in [1.82, 2.24) is 4.90 Å². The maximum absolute atomic E-state index is 12.2. The molecule has 1 aromatic carbocycles. The van der Waals surface area contributed by atoms with Gasteiger partial charge in [-0.2, -0.15) is 0 Å². The highest BCUT2D eigenvalue weighted by Crippen LogP contribution is 2.28. The Morgan fingerprint density at radius 1 is 1.32 bits per heavy atom. The van der Waals surface area contributed by atoms with Crippen molar-refractivity contribution in [3.8, 4) is 11.5 Å². The second kappa shape index (κ2) is 7.29. The van der Waals surface area contributed by atoms with Gasteiger partial charge in [0.15, 0.2) is 23.9 Å². The van der Waals surface area contributed by atoms with Crippen molar-refractivity contribution in [3.63, 3.8) is 0 Å². The van der Waals surface area contributed by atoms with Gasteiger partial charge >= 0.3 is 0 Å². The number of piperidine rings is 1. The Bertz CT molecular complexity index is 556. The number of ether oxygens (including phenoxy) is 2. The first kappa shape index (κ1) is 16.3. The minimum absolute atomic E-state index is 0.00996. The fourth-order valence-corrected chi connectivity index (χ4v) is 2.65. The molecule has 5 nitrogen and oxygen atoms in total. The maximum atomic E-state index is 12.2. The Morgan fingerprint density at radius 3 is 2.73 bits per heavy atom. The van der Waals surface area contributed by atoms with E-state index in [0.717, 1.165) is 19.5 Å². The Labute approximate surface area is 131 Å². The van der Waals surface area contributed by atoms with Gasteiger partial charge < -0.3 is 14.4 Å². The van der Waals surface area contributed by atoms with Gasteiger partial charge in [-0.25, -0.2) is 0 Å². The summed E-state index contributed by atoms with van der Waals surface area (Å²) in [5, 5.41) is 0. The third-order valence-electron chi connectivity index (χ3n) is 3.93. The average molecular weight is 305 g/mol. The molecule has 0 saturated carbocycles. The summed E-state index contributed by atoms with van der Waals surface area (Å²) in [7, 11) is 1.51. The van der Waals surface area contributed by atoms with E-state index in [0.29, 0.717) is 23.0 Å². The number of carbonyl (C=O) groups is 2. The molecule has 22 heavy (non-hydrogen) atoms.